The molecule has 0 spiro atoms. The number of aryl methyl sites for hydroxylation is 2. The first-order valence-corrected chi connectivity index (χ1v) is 11.4. The van der Waals surface area contributed by atoms with Crippen LogP contribution in [-0.4, -0.2) is 10.9 Å². The Morgan fingerprint density at radius 1 is 0.903 bits per heavy atom. The van der Waals surface area contributed by atoms with Gasteiger partial charge in [0, 0.05) is 10.4 Å². The molecule has 0 aliphatic rings. The molecule has 0 bridgehead atoms. The second-order valence-electron chi connectivity index (χ2n) is 7.65. The molecular weight excluding hydrogens is 400 g/mol. The lowest BCUT2D eigenvalue weighted by molar-refractivity contribution is -0.116. The van der Waals surface area contributed by atoms with Gasteiger partial charge < -0.3 is 5.32 Å². The van der Waals surface area contributed by atoms with Crippen molar-refractivity contribution in [2.45, 2.75) is 32.6 Å². The largest absolute Gasteiger partial charge is 0.301 e. The number of thiazole rings is 1. The lowest BCUT2D eigenvalue weighted by Crippen LogP contribution is -2.22. The van der Waals surface area contributed by atoms with Crippen molar-refractivity contribution < 1.29 is 4.79 Å². The van der Waals surface area contributed by atoms with E-state index < -0.39 is 0 Å². The van der Waals surface area contributed by atoms with Crippen molar-refractivity contribution in [1.82, 2.24) is 4.98 Å². The number of aromatic nitrogens is 1. The number of nitrogens with zero attached hydrogens (tertiary/aromatic N) is 1. The van der Waals surface area contributed by atoms with Gasteiger partial charge in [-0.1, -0.05) is 104 Å². The first-order valence-electron chi connectivity index (χ1n) is 10.6. The van der Waals surface area contributed by atoms with Crippen molar-refractivity contribution in [3.63, 3.8) is 0 Å². The number of hydrogen-bond donors (Lipinski definition) is 1. The summed E-state index contributed by atoms with van der Waals surface area (Å²) in [6.07, 6.45) is 1.97. The molecule has 0 radical (unpaired) electrons. The number of nitrogens with one attached hydrogen (secondary N) is 1. The SMILES string of the molecule is CCCc1sc(NC(=O)C(c2ccccc2)c2ccccc2)nc1-c1ccc(C)cc1. The van der Waals surface area contributed by atoms with Crippen molar-refractivity contribution in [2.24, 2.45) is 0 Å². The van der Waals surface area contributed by atoms with E-state index >= 15 is 0 Å². The van der Waals surface area contributed by atoms with Gasteiger partial charge in [-0.25, -0.2) is 4.98 Å². The van der Waals surface area contributed by atoms with Crippen molar-refractivity contribution in [3.05, 3.63) is 106 Å². The van der Waals surface area contributed by atoms with Crippen LogP contribution >= 0.6 is 11.3 Å². The molecule has 1 heterocycles. The van der Waals surface area contributed by atoms with Gasteiger partial charge in [0.25, 0.3) is 0 Å². The minimum Gasteiger partial charge on any atom is -0.301 e. The third-order valence-electron chi connectivity index (χ3n) is 5.26. The highest BCUT2D eigenvalue weighted by molar-refractivity contribution is 7.16. The normalized spacial score (nSPS) is 10.9. The zero-order chi connectivity index (χ0) is 21.6. The second kappa shape index (κ2) is 9.71. The molecule has 156 valence electrons. The molecule has 4 rings (SSSR count). The molecule has 4 heteroatoms. The van der Waals surface area contributed by atoms with Crippen LogP contribution in [0.4, 0.5) is 5.13 Å². The van der Waals surface area contributed by atoms with Gasteiger partial charge >= 0.3 is 0 Å². The Hall–Kier alpha value is -3.24. The predicted molar refractivity (Wildman–Crippen MR) is 130 cm³/mol. The van der Waals surface area contributed by atoms with E-state index in [1.807, 2.05) is 60.7 Å². The maximum atomic E-state index is 13.4. The van der Waals surface area contributed by atoms with Gasteiger partial charge in [-0.15, -0.1) is 11.3 Å². The molecule has 1 N–H and O–H groups in total. The van der Waals surface area contributed by atoms with E-state index in [0.717, 1.165) is 35.2 Å². The van der Waals surface area contributed by atoms with Gasteiger partial charge in [-0.3, -0.25) is 4.79 Å². The van der Waals surface area contributed by atoms with E-state index in [2.05, 4.69) is 43.4 Å². The summed E-state index contributed by atoms with van der Waals surface area (Å²) >= 11 is 1.58. The Morgan fingerprint density at radius 3 is 2.03 bits per heavy atom. The van der Waals surface area contributed by atoms with Crippen LogP contribution in [-0.2, 0) is 11.2 Å². The van der Waals surface area contributed by atoms with Crippen LogP contribution in [0.25, 0.3) is 11.3 Å². The number of benzene rings is 3. The van der Waals surface area contributed by atoms with Crippen molar-refractivity contribution in [1.29, 1.82) is 0 Å². The van der Waals surface area contributed by atoms with Crippen LogP contribution in [0.2, 0.25) is 0 Å². The zero-order valence-electron chi connectivity index (χ0n) is 17.8. The first-order chi connectivity index (χ1) is 15.2. The van der Waals surface area contributed by atoms with Gasteiger partial charge in [0.15, 0.2) is 5.13 Å². The van der Waals surface area contributed by atoms with Gasteiger partial charge in [0.2, 0.25) is 5.91 Å². The van der Waals surface area contributed by atoms with Crippen molar-refractivity contribution in [2.75, 3.05) is 5.32 Å². The molecule has 0 unspecified atom stereocenters. The Balaban J connectivity index is 1.66. The van der Waals surface area contributed by atoms with Crippen LogP contribution in [0.3, 0.4) is 0 Å². The fourth-order valence-electron chi connectivity index (χ4n) is 3.70. The number of carbonyl (C=O) groups excluding carboxylic acids is 1. The Kier molecular flexibility index (Phi) is 6.58. The highest BCUT2D eigenvalue weighted by atomic mass is 32.1. The van der Waals surface area contributed by atoms with Crippen LogP contribution < -0.4 is 5.32 Å². The molecule has 0 atom stereocenters. The van der Waals surface area contributed by atoms with Gasteiger partial charge in [-0.05, 0) is 24.5 Å². The van der Waals surface area contributed by atoms with Crippen molar-refractivity contribution >= 4 is 22.4 Å². The van der Waals surface area contributed by atoms with Crippen molar-refractivity contribution in [3.8, 4) is 11.3 Å². The van der Waals surface area contributed by atoms with Gasteiger partial charge in [-0.2, -0.15) is 0 Å². The average Bonchev–Trinajstić information content (AvgIpc) is 3.18. The highest BCUT2D eigenvalue weighted by Gasteiger charge is 2.24. The number of amides is 1. The minimum atomic E-state index is -0.385. The quantitative estimate of drug-likeness (QED) is 0.351. The van der Waals surface area contributed by atoms with Gasteiger partial charge in [0.1, 0.15) is 0 Å². The van der Waals surface area contributed by atoms with E-state index in [-0.39, 0.29) is 11.8 Å². The Morgan fingerprint density at radius 2 is 1.48 bits per heavy atom. The number of carbonyl (C=O) groups is 1. The second-order valence-corrected chi connectivity index (χ2v) is 8.73. The van der Waals surface area contributed by atoms with E-state index in [1.165, 1.54) is 10.4 Å². The number of anilines is 1. The summed E-state index contributed by atoms with van der Waals surface area (Å²) in [6, 6.07) is 28.2. The summed E-state index contributed by atoms with van der Waals surface area (Å²) in [4.78, 5) is 19.5. The van der Waals surface area contributed by atoms with Gasteiger partial charge in [0.05, 0.1) is 11.6 Å². The summed E-state index contributed by atoms with van der Waals surface area (Å²) in [6.45, 7) is 4.24. The molecule has 31 heavy (non-hydrogen) atoms. The van der Waals surface area contributed by atoms with E-state index in [1.54, 1.807) is 11.3 Å². The summed E-state index contributed by atoms with van der Waals surface area (Å²) in [5.74, 6) is -0.451. The standard InChI is InChI=1S/C27H26N2OS/c1-3-10-23-25(22-17-15-19(2)16-18-22)28-27(31-23)29-26(30)24(20-11-6-4-7-12-20)21-13-8-5-9-14-21/h4-9,11-18,24H,3,10H2,1-2H3,(H,28,29,30). The molecule has 3 aromatic carbocycles. The molecule has 0 saturated carbocycles. The first kappa shape index (κ1) is 21.0. The Labute approximate surface area is 187 Å². The van der Waals surface area contributed by atoms with Crippen LogP contribution in [0.5, 0.6) is 0 Å². The monoisotopic (exact) mass is 426 g/mol. The summed E-state index contributed by atoms with van der Waals surface area (Å²) in [5.41, 5.74) is 5.22. The molecule has 0 aliphatic carbocycles. The molecule has 1 amide bonds. The van der Waals surface area contributed by atoms with E-state index in [0.29, 0.717) is 5.13 Å². The third kappa shape index (κ3) is 4.92. The zero-order valence-corrected chi connectivity index (χ0v) is 18.7. The Bertz CT molecular complexity index is 1100. The highest BCUT2D eigenvalue weighted by Crippen LogP contribution is 2.34. The lowest BCUT2D eigenvalue weighted by Gasteiger charge is -2.17. The lowest BCUT2D eigenvalue weighted by atomic mass is 9.90. The average molecular weight is 427 g/mol. The smallest absolute Gasteiger partial charge is 0.238 e. The molecular formula is C27H26N2OS. The topological polar surface area (TPSA) is 42.0 Å². The summed E-state index contributed by atoms with van der Waals surface area (Å²) in [7, 11) is 0. The molecule has 4 aromatic rings. The molecule has 0 aliphatic heterocycles. The molecule has 3 nitrogen and oxygen atoms in total. The maximum Gasteiger partial charge on any atom is 0.238 e. The molecule has 1 aromatic heterocycles. The minimum absolute atomic E-state index is 0.0651. The fraction of sp³-hybridized carbons (Fsp3) is 0.185. The van der Waals surface area contributed by atoms with E-state index in [9.17, 15) is 4.79 Å². The molecule has 0 saturated heterocycles. The fourth-order valence-corrected chi connectivity index (χ4v) is 4.79. The van der Waals surface area contributed by atoms with Crippen LogP contribution in [0, 0.1) is 6.92 Å². The predicted octanol–water partition coefficient (Wildman–Crippen LogP) is 6.84. The van der Waals surface area contributed by atoms with Crippen LogP contribution in [0.1, 0.15) is 40.8 Å². The number of rotatable bonds is 7. The summed E-state index contributed by atoms with van der Waals surface area (Å²) in [5, 5.41) is 3.76. The maximum absolute atomic E-state index is 13.4. The third-order valence-corrected chi connectivity index (χ3v) is 6.29. The van der Waals surface area contributed by atoms with Crippen LogP contribution in [0.15, 0.2) is 84.9 Å². The number of hydrogen-bond acceptors (Lipinski definition) is 3. The molecule has 0 fully saturated rings. The summed E-state index contributed by atoms with van der Waals surface area (Å²) < 4.78 is 0. The van der Waals surface area contributed by atoms with E-state index in [4.69, 9.17) is 4.98 Å².